The predicted molar refractivity (Wildman–Crippen MR) is 33.5 cm³/mol. The summed E-state index contributed by atoms with van der Waals surface area (Å²) in [5.41, 5.74) is 0. The average molecular weight is 135 g/mol. The second-order valence-corrected chi connectivity index (χ2v) is 1.87. The third-order valence-electron chi connectivity index (χ3n) is 1.11. The molecule has 0 heterocycles. The van der Waals surface area contributed by atoms with E-state index in [9.17, 15) is 4.79 Å². The van der Waals surface area contributed by atoms with Crippen LogP contribution in [0, 0.1) is 5.92 Å². The highest BCUT2D eigenvalue weighted by atomic mass is 16.4. The maximum Gasteiger partial charge on any atom is 0.308 e. The zero-order chi connectivity index (χ0) is 6.73. The number of aliphatic hydroxyl groups is 1. The number of aliphatic hydroxyl groups excluding tert-OH is 1. The lowest BCUT2D eigenvalue weighted by atomic mass is 10.1. The van der Waals surface area contributed by atoms with Gasteiger partial charge in [0.1, 0.15) is 0 Å². The molecule has 0 aliphatic carbocycles. The normalized spacial score (nSPS) is 15.4. The second kappa shape index (κ2) is 4.29. The van der Waals surface area contributed by atoms with Crippen LogP contribution in [0.5, 0.6) is 0 Å². The van der Waals surface area contributed by atoms with Crippen molar-refractivity contribution in [1.82, 2.24) is 6.15 Å². The van der Waals surface area contributed by atoms with Crippen LogP contribution in [0.4, 0.5) is 0 Å². The molecule has 0 amide bonds. The Bertz CT molecular complexity index is 92.2. The number of carboxylic acid groups (broad SMARTS) is 1. The molecule has 0 radical (unpaired) electrons. The number of hydrogen-bond acceptors (Lipinski definition) is 3. The molecule has 0 aromatic heterocycles. The summed E-state index contributed by atoms with van der Waals surface area (Å²) in [4.78, 5) is 9.98. The molecule has 4 nitrogen and oxygen atoms in total. The van der Waals surface area contributed by atoms with Crippen molar-refractivity contribution >= 4 is 5.97 Å². The Kier molecular flexibility index (Phi) is 5.34. The third kappa shape index (κ3) is 3.93. The van der Waals surface area contributed by atoms with E-state index in [-0.39, 0.29) is 6.15 Å². The number of carbonyl (C=O) groups is 1. The third-order valence-corrected chi connectivity index (χ3v) is 1.11. The highest BCUT2D eigenvalue weighted by molar-refractivity contribution is 5.70. The fourth-order valence-electron chi connectivity index (χ4n) is 0.206. The molecule has 0 saturated carbocycles. The fourth-order valence-corrected chi connectivity index (χ4v) is 0.206. The van der Waals surface area contributed by atoms with E-state index in [2.05, 4.69) is 0 Å². The molecule has 0 rings (SSSR count). The van der Waals surface area contributed by atoms with E-state index >= 15 is 0 Å². The summed E-state index contributed by atoms with van der Waals surface area (Å²) in [7, 11) is 0. The van der Waals surface area contributed by atoms with Gasteiger partial charge in [-0.1, -0.05) is 0 Å². The molecule has 0 fully saturated rings. The van der Waals surface area contributed by atoms with E-state index in [1.807, 2.05) is 0 Å². The van der Waals surface area contributed by atoms with Gasteiger partial charge in [-0.25, -0.2) is 0 Å². The minimum Gasteiger partial charge on any atom is -0.481 e. The Balaban J connectivity index is 0. The Morgan fingerprint density at radius 2 is 1.78 bits per heavy atom. The van der Waals surface area contributed by atoms with Crippen LogP contribution in [0.25, 0.3) is 0 Å². The molecule has 0 spiro atoms. The summed E-state index contributed by atoms with van der Waals surface area (Å²) in [6, 6.07) is 0. The lowest BCUT2D eigenvalue weighted by Crippen LogP contribution is -2.21. The largest absolute Gasteiger partial charge is 0.481 e. The topological polar surface area (TPSA) is 92.5 Å². The Morgan fingerprint density at radius 3 is 1.78 bits per heavy atom. The molecule has 4 heteroatoms. The van der Waals surface area contributed by atoms with Gasteiger partial charge in [0.05, 0.1) is 12.0 Å². The van der Waals surface area contributed by atoms with Crippen molar-refractivity contribution in [3.05, 3.63) is 0 Å². The standard InChI is InChI=1S/C5H10O3.H3N/c1-3(4(2)6)5(7)8;/h3-4,6H,1-2H3,(H,7,8);1H3. The molecule has 0 aromatic carbocycles. The maximum atomic E-state index is 9.98. The molecule has 9 heavy (non-hydrogen) atoms. The van der Waals surface area contributed by atoms with Crippen molar-refractivity contribution in [2.75, 3.05) is 0 Å². The zero-order valence-corrected chi connectivity index (χ0v) is 5.66. The Hall–Kier alpha value is -0.610. The molecule has 5 N–H and O–H groups in total. The van der Waals surface area contributed by atoms with Crippen molar-refractivity contribution in [2.24, 2.45) is 5.92 Å². The SMILES string of the molecule is CC(O)C(C)C(=O)O.N. The van der Waals surface area contributed by atoms with Gasteiger partial charge in [-0.2, -0.15) is 0 Å². The molecule has 56 valence electrons. The molecule has 0 bridgehead atoms. The number of hydrogen-bond donors (Lipinski definition) is 3. The first-order valence-corrected chi connectivity index (χ1v) is 2.46. The predicted octanol–water partition coefficient (Wildman–Crippen LogP) is 0.250. The highest BCUT2D eigenvalue weighted by Gasteiger charge is 2.15. The summed E-state index contributed by atoms with van der Waals surface area (Å²) < 4.78 is 0. The summed E-state index contributed by atoms with van der Waals surface area (Å²) in [6.45, 7) is 2.92. The minimum absolute atomic E-state index is 0. The van der Waals surface area contributed by atoms with E-state index in [1.165, 1.54) is 13.8 Å². The van der Waals surface area contributed by atoms with Crippen LogP contribution in [0.3, 0.4) is 0 Å². The maximum absolute atomic E-state index is 9.98. The van der Waals surface area contributed by atoms with Crippen molar-refractivity contribution in [1.29, 1.82) is 0 Å². The lowest BCUT2D eigenvalue weighted by molar-refractivity contribution is -0.144. The van der Waals surface area contributed by atoms with Gasteiger partial charge in [0.15, 0.2) is 0 Å². The van der Waals surface area contributed by atoms with Gasteiger partial charge >= 0.3 is 5.97 Å². The van der Waals surface area contributed by atoms with Crippen LogP contribution >= 0.6 is 0 Å². The minimum atomic E-state index is -0.958. The van der Waals surface area contributed by atoms with E-state index in [4.69, 9.17) is 10.2 Å². The van der Waals surface area contributed by atoms with Gasteiger partial charge in [-0.3, -0.25) is 4.79 Å². The monoisotopic (exact) mass is 135 g/mol. The first-order valence-electron chi connectivity index (χ1n) is 2.46. The molecule has 0 saturated heterocycles. The molecule has 2 unspecified atom stereocenters. The Morgan fingerprint density at radius 1 is 1.44 bits per heavy atom. The summed E-state index contributed by atoms with van der Waals surface area (Å²) in [5, 5.41) is 16.8. The van der Waals surface area contributed by atoms with Gasteiger partial charge < -0.3 is 16.4 Å². The van der Waals surface area contributed by atoms with Crippen LogP contribution in [-0.2, 0) is 4.79 Å². The average Bonchev–Trinajstić information content (AvgIpc) is 1.64. The summed E-state index contributed by atoms with van der Waals surface area (Å²) >= 11 is 0. The van der Waals surface area contributed by atoms with Crippen molar-refractivity contribution in [3.8, 4) is 0 Å². The van der Waals surface area contributed by atoms with E-state index in [0.29, 0.717) is 0 Å². The molecule has 0 aromatic rings. The first-order chi connectivity index (χ1) is 3.55. The quantitative estimate of drug-likeness (QED) is 0.506. The van der Waals surface area contributed by atoms with Crippen LogP contribution in [0.2, 0.25) is 0 Å². The smallest absolute Gasteiger partial charge is 0.308 e. The summed E-state index contributed by atoms with van der Waals surface area (Å²) in [5.74, 6) is -1.62. The van der Waals surface area contributed by atoms with Gasteiger partial charge in [0, 0.05) is 0 Å². The van der Waals surface area contributed by atoms with Crippen LogP contribution < -0.4 is 6.15 Å². The van der Waals surface area contributed by atoms with Crippen molar-refractivity contribution in [2.45, 2.75) is 20.0 Å². The van der Waals surface area contributed by atoms with Crippen molar-refractivity contribution < 1.29 is 15.0 Å². The molecule has 0 aliphatic rings. The molecule has 0 aliphatic heterocycles. The zero-order valence-electron chi connectivity index (χ0n) is 5.66. The lowest BCUT2D eigenvalue weighted by Gasteiger charge is -2.06. The van der Waals surface area contributed by atoms with E-state index in [1.54, 1.807) is 0 Å². The van der Waals surface area contributed by atoms with Gasteiger partial charge in [0.25, 0.3) is 0 Å². The fraction of sp³-hybridized carbons (Fsp3) is 0.800. The van der Waals surface area contributed by atoms with Gasteiger partial charge in [-0.05, 0) is 13.8 Å². The molecular formula is C5H13NO3. The van der Waals surface area contributed by atoms with E-state index < -0.39 is 18.0 Å². The Labute approximate surface area is 54.1 Å². The molecule has 2 atom stereocenters. The van der Waals surface area contributed by atoms with Gasteiger partial charge in [-0.15, -0.1) is 0 Å². The number of aliphatic carboxylic acids is 1. The van der Waals surface area contributed by atoms with E-state index in [0.717, 1.165) is 0 Å². The van der Waals surface area contributed by atoms with Crippen molar-refractivity contribution in [3.63, 3.8) is 0 Å². The second-order valence-electron chi connectivity index (χ2n) is 1.87. The number of rotatable bonds is 2. The van der Waals surface area contributed by atoms with Gasteiger partial charge in [0.2, 0.25) is 0 Å². The molecular weight excluding hydrogens is 122 g/mol. The van der Waals surface area contributed by atoms with Crippen LogP contribution in [0.1, 0.15) is 13.8 Å². The highest BCUT2D eigenvalue weighted by Crippen LogP contribution is 1.99. The van der Waals surface area contributed by atoms with Crippen LogP contribution in [0.15, 0.2) is 0 Å². The first kappa shape index (κ1) is 11.2. The summed E-state index contributed by atoms with van der Waals surface area (Å²) in [6.07, 6.45) is -0.757. The number of carboxylic acids is 1. The van der Waals surface area contributed by atoms with Crippen LogP contribution in [-0.4, -0.2) is 22.3 Å².